The molecule has 0 saturated carbocycles. The molecule has 25 heavy (non-hydrogen) atoms. The van der Waals surface area contributed by atoms with E-state index in [4.69, 9.17) is 0 Å². The number of halogens is 1. The van der Waals surface area contributed by atoms with Gasteiger partial charge in [-0.15, -0.1) is 0 Å². The molecule has 0 radical (unpaired) electrons. The molecule has 132 valence electrons. The average molecular weight is 340 g/mol. The Hall–Kier alpha value is -2.20. The van der Waals surface area contributed by atoms with Crippen molar-refractivity contribution in [1.29, 1.82) is 0 Å². The average Bonchev–Trinajstić information content (AvgIpc) is 2.61. The van der Waals surface area contributed by atoms with Gasteiger partial charge in [0.25, 0.3) is 5.91 Å². The van der Waals surface area contributed by atoms with Crippen LogP contribution in [0.3, 0.4) is 0 Å². The predicted molar refractivity (Wildman–Crippen MR) is 98.2 cm³/mol. The van der Waals surface area contributed by atoms with Crippen molar-refractivity contribution in [3.05, 3.63) is 70.5 Å². The summed E-state index contributed by atoms with van der Waals surface area (Å²) >= 11 is 0. The lowest BCUT2D eigenvalue weighted by Crippen LogP contribution is -2.34. The number of fused-ring (bicyclic) bond motifs is 1. The molecule has 2 aromatic carbocycles. The smallest absolute Gasteiger partial charge is 0.251 e. The fourth-order valence-corrected chi connectivity index (χ4v) is 3.48. The number of hydrogen-bond acceptors (Lipinski definition) is 2. The van der Waals surface area contributed by atoms with Gasteiger partial charge in [0.05, 0.1) is 6.04 Å². The third-order valence-electron chi connectivity index (χ3n) is 4.92. The highest BCUT2D eigenvalue weighted by molar-refractivity contribution is 5.94. The van der Waals surface area contributed by atoms with Gasteiger partial charge in [-0.05, 0) is 80.7 Å². The number of nitrogens with one attached hydrogen (secondary N) is 1. The van der Waals surface area contributed by atoms with Gasteiger partial charge in [0, 0.05) is 12.1 Å². The number of likely N-dealkylation sites (N-methyl/N-ethyl adjacent to an activating group) is 1. The number of carbonyl (C=O) groups is 1. The highest BCUT2D eigenvalue weighted by atomic mass is 19.1. The first-order chi connectivity index (χ1) is 12.0. The van der Waals surface area contributed by atoms with E-state index >= 15 is 0 Å². The third kappa shape index (κ3) is 4.26. The highest BCUT2D eigenvalue weighted by Crippen LogP contribution is 2.23. The Morgan fingerprint density at radius 2 is 1.88 bits per heavy atom. The number of benzene rings is 2. The first-order valence-corrected chi connectivity index (χ1v) is 8.86. The van der Waals surface area contributed by atoms with Gasteiger partial charge in [-0.3, -0.25) is 4.79 Å². The number of carbonyl (C=O) groups excluding carboxylic acids is 1. The molecule has 0 aliphatic heterocycles. The van der Waals surface area contributed by atoms with Crippen LogP contribution in [0.15, 0.2) is 42.5 Å². The molecule has 2 aromatic rings. The molecular weight excluding hydrogens is 315 g/mol. The summed E-state index contributed by atoms with van der Waals surface area (Å²) in [6.07, 6.45) is 4.59. The van der Waals surface area contributed by atoms with Crippen LogP contribution >= 0.6 is 0 Å². The predicted octanol–water partition coefficient (Wildman–Crippen LogP) is 3.74. The zero-order valence-electron chi connectivity index (χ0n) is 14.9. The summed E-state index contributed by atoms with van der Waals surface area (Å²) in [6.45, 7) is 0.437. The van der Waals surface area contributed by atoms with E-state index in [0.29, 0.717) is 12.1 Å². The normalized spacial score (nSPS) is 14.9. The summed E-state index contributed by atoms with van der Waals surface area (Å²) in [5.74, 6) is -0.331. The van der Waals surface area contributed by atoms with Crippen molar-refractivity contribution in [2.75, 3.05) is 20.6 Å². The van der Waals surface area contributed by atoms with E-state index in [1.165, 1.54) is 36.1 Å². The molecule has 3 nitrogen and oxygen atoms in total. The van der Waals surface area contributed by atoms with Crippen LogP contribution in [0, 0.1) is 5.82 Å². The van der Waals surface area contributed by atoms with Gasteiger partial charge in [-0.25, -0.2) is 4.39 Å². The van der Waals surface area contributed by atoms with E-state index in [-0.39, 0.29) is 17.8 Å². The van der Waals surface area contributed by atoms with Crippen LogP contribution in [0.25, 0.3) is 0 Å². The molecule has 0 spiro atoms. The largest absolute Gasteiger partial charge is 0.350 e. The van der Waals surface area contributed by atoms with Gasteiger partial charge in [0.15, 0.2) is 0 Å². The van der Waals surface area contributed by atoms with Crippen molar-refractivity contribution in [3.63, 3.8) is 0 Å². The quantitative estimate of drug-likeness (QED) is 0.899. The second-order valence-corrected chi connectivity index (χ2v) is 6.94. The van der Waals surface area contributed by atoms with Crippen molar-refractivity contribution >= 4 is 5.91 Å². The summed E-state index contributed by atoms with van der Waals surface area (Å²) < 4.78 is 13.5. The number of amides is 1. The first-order valence-electron chi connectivity index (χ1n) is 8.86. The first kappa shape index (κ1) is 17.6. The van der Waals surface area contributed by atoms with Gasteiger partial charge in [-0.2, -0.15) is 0 Å². The molecule has 0 aromatic heterocycles. The Bertz CT molecular complexity index is 757. The number of nitrogens with zero attached hydrogens (tertiary/aromatic N) is 1. The van der Waals surface area contributed by atoms with Crippen molar-refractivity contribution in [2.45, 2.75) is 31.7 Å². The third-order valence-corrected chi connectivity index (χ3v) is 4.92. The summed E-state index contributed by atoms with van der Waals surface area (Å²) in [4.78, 5) is 14.5. The van der Waals surface area contributed by atoms with Gasteiger partial charge < -0.3 is 10.2 Å². The molecule has 0 bridgehead atoms. The lowest BCUT2D eigenvalue weighted by molar-refractivity contribution is 0.0942. The van der Waals surface area contributed by atoms with Crippen molar-refractivity contribution in [3.8, 4) is 0 Å². The maximum atomic E-state index is 13.5. The van der Waals surface area contributed by atoms with Crippen molar-refractivity contribution in [2.24, 2.45) is 0 Å². The maximum Gasteiger partial charge on any atom is 0.251 e. The maximum absolute atomic E-state index is 13.5. The summed E-state index contributed by atoms with van der Waals surface area (Å²) in [5.41, 5.74) is 4.23. The van der Waals surface area contributed by atoms with Gasteiger partial charge >= 0.3 is 0 Å². The monoisotopic (exact) mass is 340 g/mol. The molecule has 0 heterocycles. The van der Waals surface area contributed by atoms with Crippen LogP contribution in [0.4, 0.5) is 4.39 Å². The molecular formula is C21H25FN2O. The van der Waals surface area contributed by atoms with E-state index < -0.39 is 0 Å². The molecule has 1 aliphatic carbocycles. The Labute approximate surface area is 148 Å². The Kier molecular flexibility index (Phi) is 5.49. The van der Waals surface area contributed by atoms with E-state index in [1.54, 1.807) is 6.07 Å². The van der Waals surface area contributed by atoms with Gasteiger partial charge in [0.1, 0.15) is 5.82 Å². The minimum Gasteiger partial charge on any atom is -0.350 e. The minimum atomic E-state index is -0.259. The molecule has 1 aliphatic rings. The Balaban J connectivity index is 1.69. The standard InChI is InChI=1S/C21H25FN2O/c1-24(2)20(17-8-5-9-19(22)13-17)14-23-21(25)18-11-10-15-6-3-4-7-16(15)12-18/h5,8-13,20H,3-4,6-7,14H2,1-2H3,(H,23,25). The SMILES string of the molecule is CN(C)C(CNC(=O)c1ccc2c(c1)CCCC2)c1cccc(F)c1. The topological polar surface area (TPSA) is 32.3 Å². The van der Waals surface area contributed by atoms with E-state index in [1.807, 2.05) is 37.2 Å². The number of hydrogen-bond donors (Lipinski definition) is 1. The van der Waals surface area contributed by atoms with Gasteiger partial charge in [0.2, 0.25) is 0 Å². The van der Waals surface area contributed by atoms with E-state index in [0.717, 1.165) is 18.4 Å². The summed E-state index contributed by atoms with van der Waals surface area (Å²) in [6, 6.07) is 12.5. The molecule has 1 unspecified atom stereocenters. The van der Waals surface area contributed by atoms with Crippen molar-refractivity contribution < 1.29 is 9.18 Å². The summed E-state index contributed by atoms with van der Waals surface area (Å²) in [5, 5.41) is 3.00. The van der Waals surface area contributed by atoms with Crippen LogP contribution in [0.5, 0.6) is 0 Å². The lowest BCUT2D eigenvalue weighted by atomic mass is 9.90. The molecule has 1 atom stereocenters. The van der Waals surface area contributed by atoms with Crippen LogP contribution in [-0.4, -0.2) is 31.4 Å². The molecule has 0 fully saturated rings. The minimum absolute atomic E-state index is 0.0720. The van der Waals surface area contributed by atoms with E-state index in [9.17, 15) is 9.18 Å². The van der Waals surface area contributed by atoms with E-state index in [2.05, 4.69) is 11.4 Å². The molecule has 1 N–H and O–H groups in total. The molecule has 0 saturated heterocycles. The number of aryl methyl sites for hydroxylation is 2. The highest BCUT2D eigenvalue weighted by Gasteiger charge is 2.17. The second kappa shape index (κ2) is 7.79. The fourth-order valence-electron chi connectivity index (χ4n) is 3.48. The van der Waals surface area contributed by atoms with Crippen LogP contribution in [0.2, 0.25) is 0 Å². The van der Waals surface area contributed by atoms with Crippen LogP contribution in [-0.2, 0) is 12.8 Å². The zero-order valence-corrected chi connectivity index (χ0v) is 14.9. The van der Waals surface area contributed by atoms with Crippen LogP contribution < -0.4 is 5.32 Å². The lowest BCUT2D eigenvalue weighted by Gasteiger charge is -2.25. The molecule has 4 heteroatoms. The Morgan fingerprint density at radius 1 is 1.12 bits per heavy atom. The van der Waals surface area contributed by atoms with Crippen molar-refractivity contribution in [1.82, 2.24) is 10.2 Å². The van der Waals surface area contributed by atoms with Crippen LogP contribution in [0.1, 0.15) is 45.9 Å². The Morgan fingerprint density at radius 3 is 2.60 bits per heavy atom. The fraction of sp³-hybridized carbons (Fsp3) is 0.381. The summed E-state index contributed by atoms with van der Waals surface area (Å²) in [7, 11) is 3.86. The zero-order chi connectivity index (χ0) is 17.8. The number of rotatable bonds is 5. The van der Waals surface area contributed by atoms with Gasteiger partial charge in [-0.1, -0.05) is 18.2 Å². The second-order valence-electron chi connectivity index (χ2n) is 6.94. The molecule has 1 amide bonds. The molecule has 3 rings (SSSR count).